The van der Waals surface area contributed by atoms with Crippen LogP contribution in [0.4, 0.5) is 0 Å². The molecule has 0 aliphatic heterocycles. The number of ether oxygens (including phenoxy) is 1. The predicted octanol–water partition coefficient (Wildman–Crippen LogP) is 4.30. The van der Waals surface area contributed by atoms with Crippen LogP contribution in [0.25, 0.3) is 0 Å². The van der Waals surface area contributed by atoms with Crippen molar-refractivity contribution >= 4 is 27.3 Å². The SMILES string of the molecule is CCOc1ccc(C)cc1C(O)c1ccc(Br)s1. The van der Waals surface area contributed by atoms with Gasteiger partial charge in [0.15, 0.2) is 0 Å². The van der Waals surface area contributed by atoms with Gasteiger partial charge >= 0.3 is 0 Å². The number of aliphatic hydroxyl groups excluding tert-OH is 1. The van der Waals surface area contributed by atoms with Gasteiger partial charge in [-0.3, -0.25) is 0 Å². The number of hydrogen-bond donors (Lipinski definition) is 1. The van der Waals surface area contributed by atoms with Gasteiger partial charge in [-0.15, -0.1) is 11.3 Å². The van der Waals surface area contributed by atoms with Gasteiger partial charge in [0, 0.05) is 10.4 Å². The molecule has 2 aromatic rings. The third-order valence-corrected chi connectivity index (χ3v) is 4.30. The fourth-order valence-electron chi connectivity index (χ4n) is 1.80. The number of thiophene rings is 1. The molecule has 0 saturated carbocycles. The van der Waals surface area contributed by atoms with Crippen molar-refractivity contribution in [2.24, 2.45) is 0 Å². The summed E-state index contributed by atoms with van der Waals surface area (Å²) in [7, 11) is 0. The molecule has 1 aromatic heterocycles. The maximum atomic E-state index is 10.4. The van der Waals surface area contributed by atoms with Crippen molar-refractivity contribution < 1.29 is 9.84 Å². The van der Waals surface area contributed by atoms with Crippen LogP contribution in [0, 0.1) is 6.92 Å². The normalized spacial score (nSPS) is 12.4. The minimum Gasteiger partial charge on any atom is -0.493 e. The van der Waals surface area contributed by atoms with E-state index in [-0.39, 0.29) is 0 Å². The van der Waals surface area contributed by atoms with Crippen molar-refractivity contribution in [3.05, 3.63) is 50.1 Å². The monoisotopic (exact) mass is 326 g/mol. The zero-order valence-electron chi connectivity index (χ0n) is 10.3. The molecule has 0 fully saturated rings. The van der Waals surface area contributed by atoms with Gasteiger partial charge in [0.05, 0.1) is 10.4 Å². The molecule has 1 heterocycles. The molecule has 0 amide bonds. The largest absolute Gasteiger partial charge is 0.493 e. The third-order valence-electron chi connectivity index (χ3n) is 2.62. The van der Waals surface area contributed by atoms with Crippen LogP contribution in [0.5, 0.6) is 5.75 Å². The molecule has 4 heteroatoms. The first kappa shape index (κ1) is 13.6. The quantitative estimate of drug-likeness (QED) is 0.907. The van der Waals surface area contributed by atoms with Crippen molar-refractivity contribution in [2.45, 2.75) is 20.0 Å². The van der Waals surface area contributed by atoms with E-state index in [2.05, 4.69) is 15.9 Å². The molecular formula is C14H15BrO2S. The Kier molecular flexibility index (Phi) is 4.43. The van der Waals surface area contributed by atoms with Gasteiger partial charge in [-0.2, -0.15) is 0 Å². The van der Waals surface area contributed by atoms with Gasteiger partial charge in [-0.05, 0) is 54.0 Å². The number of halogens is 1. The molecule has 1 atom stereocenters. The predicted molar refractivity (Wildman–Crippen MR) is 78.4 cm³/mol. The average Bonchev–Trinajstić information content (AvgIpc) is 2.77. The fourth-order valence-corrected chi connectivity index (χ4v) is 3.23. The van der Waals surface area contributed by atoms with Gasteiger partial charge in [0.1, 0.15) is 11.9 Å². The van der Waals surface area contributed by atoms with E-state index < -0.39 is 6.10 Å². The van der Waals surface area contributed by atoms with E-state index >= 15 is 0 Å². The smallest absolute Gasteiger partial charge is 0.125 e. The van der Waals surface area contributed by atoms with E-state index in [1.165, 1.54) is 11.3 Å². The Morgan fingerprint density at radius 1 is 1.33 bits per heavy atom. The summed E-state index contributed by atoms with van der Waals surface area (Å²) in [6.07, 6.45) is -0.636. The standard InChI is InChI=1S/C14H15BrO2S/c1-3-17-11-5-4-9(2)8-10(11)14(16)12-6-7-13(15)18-12/h4-8,14,16H,3H2,1-2H3. The lowest BCUT2D eigenvalue weighted by molar-refractivity contribution is 0.215. The van der Waals surface area contributed by atoms with Crippen LogP contribution >= 0.6 is 27.3 Å². The van der Waals surface area contributed by atoms with Crippen LogP contribution in [0.15, 0.2) is 34.1 Å². The Balaban J connectivity index is 2.39. The summed E-state index contributed by atoms with van der Waals surface area (Å²) in [6.45, 7) is 4.55. The first-order valence-electron chi connectivity index (χ1n) is 5.78. The summed E-state index contributed by atoms with van der Waals surface area (Å²) in [5, 5.41) is 10.4. The lowest BCUT2D eigenvalue weighted by atomic mass is 10.0. The molecule has 0 bridgehead atoms. The molecule has 2 nitrogen and oxygen atoms in total. The minimum absolute atomic E-state index is 0.594. The highest BCUT2D eigenvalue weighted by Gasteiger charge is 2.17. The van der Waals surface area contributed by atoms with E-state index in [1.807, 2.05) is 44.2 Å². The zero-order chi connectivity index (χ0) is 13.1. The summed E-state index contributed by atoms with van der Waals surface area (Å²) in [6, 6.07) is 9.76. The maximum absolute atomic E-state index is 10.4. The first-order chi connectivity index (χ1) is 8.61. The summed E-state index contributed by atoms with van der Waals surface area (Å²) in [5.74, 6) is 0.750. The molecule has 0 aliphatic carbocycles. The summed E-state index contributed by atoms with van der Waals surface area (Å²) < 4.78 is 6.59. The summed E-state index contributed by atoms with van der Waals surface area (Å²) >= 11 is 4.95. The molecule has 1 unspecified atom stereocenters. The second-order valence-electron chi connectivity index (χ2n) is 4.02. The van der Waals surface area contributed by atoms with Gasteiger partial charge in [-0.1, -0.05) is 11.6 Å². The number of hydrogen-bond acceptors (Lipinski definition) is 3. The Bertz CT molecular complexity index is 536. The summed E-state index contributed by atoms with van der Waals surface area (Å²) in [5.41, 5.74) is 1.94. The molecule has 1 N–H and O–H groups in total. The van der Waals surface area contributed by atoms with E-state index in [0.717, 1.165) is 25.5 Å². The molecule has 0 radical (unpaired) electrons. The average molecular weight is 327 g/mol. The van der Waals surface area contributed by atoms with Crippen LogP contribution in [0.1, 0.15) is 29.0 Å². The first-order valence-corrected chi connectivity index (χ1v) is 7.39. The van der Waals surface area contributed by atoms with Gasteiger partial charge < -0.3 is 9.84 Å². The van der Waals surface area contributed by atoms with Crippen LogP contribution in [-0.2, 0) is 0 Å². The van der Waals surface area contributed by atoms with Crippen molar-refractivity contribution in [3.63, 3.8) is 0 Å². The number of benzene rings is 1. The Morgan fingerprint density at radius 3 is 2.72 bits per heavy atom. The van der Waals surface area contributed by atoms with Crippen molar-refractivity contribution in [1.29, 1.82) is 0 Å². The molecule has 96 valence electrons. The number of rotatable bonds is 4. The van der Waals surface area contributed by atoms with Gasteiger partial charge in [0.25, 0.3) is 0 Å². The molecule has 0 saturated heterocycles. The van der Waals surface area contributed by atoms with Crippen molar-refractivity contribution in [1.82, 2.24) is 0 Å². The molecule has 0 aliphatic rings. The topological polar surface area (TPSA) is 29.5 Å². The molecule has 18 heavy (non-hydrogen) atoms. The van der Waals surface area contributed by atoms with E-state index in [4.69, 9.17) is 4.74 Å². The van der Waals surface area contributed by atoms with Gasteiger partial charge in [0.2, 0.25) is 0 Å². The molecule has 1 aromatic carbocycles. The van der Waals surface area contributed by atoms with Crippen LogP contribution < -0.4 is 4.74 Å². The minimum atomic E-state index is -0.636. The molecular weight excluding hydrogens is 312 g/mol. The van der Waals surface area contributed by atoms with E-state index in [1.54, 1.807) is 0 Å². The van der Waals surface area contributed by atoms with E-state index in [9.17, 15) is 5.11 Å². The lowest BCUT2D eigenvalue weighted by Crippen LogP contribution is -2.03. The molecule has 2 rings (SSSR count). The Morgan fingerprint density at radius 2 is 2.11 bits per heavy atom. The van der Waals surface area contributed by atoms with Crippen LogP contribution in [0.2, 0.25) is 0 Å². The highest BCUT2D eigenvalue weighted by molar-refractivity contribution is 9.11. The second-order valence-corrected chi connectivity index (χ2v) is 6.51. The highest BCUT2D eigenvalue weighted by Crippen LogP contribution is 2.35. The second kappa shape index (κ2) is 5.87. The Hall–Kier alpha value is -0.840. The lowest BCUT2D eigenvalue weighted by Gasteiger charge is -2.15. The summed E-state index contributed by atoms with van der Waals surface area (Å²) in [4.78, 5) is 0.911. The van der Waals surface area contributed by atoms with E-state index in [0.29, 0.717) is 6.61 Å². The maximum Gasteiger partial charge on any atom is 0.125 e. The zero-order valence-corrected chi connectivity index (χ0v) is 12.7. The number of aliphatic hydroxyl groups is 1. The van der Waals surface area contributed by atoms with Crippen molar-refractivity contribution in [2.75, 3.05) is 6.61 Å². The number of aryl methyl sites for hydroxylation is 1. The Labute approximate surface area is 119 Å². The molecule has 0 spiro atoms. The highest BCUT2D eigenvalue weighted by atomic mass is 79.9. The van der Waals surface area contributed by atoms with Gasteiger partial charge in [-0.25, -0.2) is 0 Å². The van der Waals surface area contributed by atoms with Crippen LogP contribution in [0.3, 0.4) is 0 Å². The fraction of sp³-hybridized carbons (Fsp3) is 0.286. The van der Waals surface area contributed by atoms with Crippen LogP contribution in [-0.4, -0.2) is 11.7 Å². The van der Waals surface area contributed by atoms with Crippen molar-refractivity contribution in [3.8, 4) is 5.75 Å². The third kappa shape index (κ3) is 2.94.